The predicted molar refractivity (Wildman–Crippen MR) is 61.1 cm³/mol. The van der Waals surface area contributed by atoms with Crippen molar-refractivity contribution >= 4 is 0 Å². The van der Waals surface area contributed by atoms with E-state index in [1.165, 1.54) is 57.8 Å². The lowest BCUT2D eigenvalue weighted by Gasteiger charge is -2.44. The highest BCUT2D eigenvalue weighted by Crippen LogP contribution is 2.47. The lowest BCUT2D eigenvalue weighted by molar-refractivity contribution is 0.0780. The molecule has 14 heavy (non-hydrogen) atoms. The Bertz CT molecular complexity index is 184. The van der Waals surface area contributed by atoms with Gasteiger partial charge in [0.1, 0.15) is 0 Å². The van der Waals surface area contributed by atoms with Gasteiger partial charge < -0.3 is 5.73 Å². The van der Waals surface area contributed by atoms with Gasteiger partial charge in [-0.15, -0.1) is 0 Å². The van der Waals surface area contributed by atoms with Crippen LogP contribution in [0.3, 0.4) is 0 Å². The van der Waals surface area contributed by atoms with Gasteiger partial charge in [-0.2, -0.15) is 0 Å². The van der Waals surface area contributed by atoms with Crippen molar-refractivity contribution in [2.45, 2.75) is 70.8 Å². The van der Waals surface area contributed by atoms with Crippen molar-refractivity contribution in [2.24, 2.45) is 17.1 Å². The zero-order valence-corrected chi connectivity index (χ0v) is 9.60. The van der Waals surface area contributed by atoms with Crippen molar-refractivity contribution in [1.29, 1.82) is 0 Å². The first-order valence-electron chi connectivity index (χ1n) is 6.46. The van der Waals surface area contributed by atoms with Crippen LogP contribution in [0, 0.1) is 11.3 Å². The molecule has 2 aliphatic carbocycles. The van der Waals surface area contributed by atoms with Gasteiger partial charge in [0.25, 0.3) is 0 Å². The highest BCUT2D eigenvalue weighted by Gasteiger charge is 2.37. The molecule has 2 fully saturated rings. The first-order chi connectivity index (χ1) is 6.71. The summed E-state index contributed by atoms with van der Waals surface area (Å²) in [6, 6.07) is 0.496. The molecule has 2 aliphatic rings. The largest absolute Gasteiger partial charge is 0.328 e. The average molecular weight is 195 g/mol. The zero-order valence-electron chi connectivity index (χ0n) is 9.60. The third-order valence-corrected chi connectivity index (χ3v) is 4.64. The van der Waals surface area contributed by atoms with Crippen molar-refractivity contribution < 1.29 is 0 Å². The van der Waals surface area contributed by atoms with Gasteiger partial charge in [-0.3, -0.25) is 0 Å². The van der Waals surface area contributed by atoms with Crippen LogP contribution in [0.15, 0.2) is 0 Å². The van der Waals surface area contributed by atoms with E-state index in [1.54, 1.807) is 0 Å². The predicted octanol–water partition coefficient (Wildman–Crippen LogP) is 3.47. The number of rotatable bonds is 1. The fourth-order valence-corrected chi connectivity index (χ4v) is 3.74. The van der Waals surface area contributed by atoms with Crippen LogP contribution in [0.2, 0.25) is 0 Å². The molecular formula is C13H25N. The SMILES string of the molecule is CC1(C2CCCCC2)CCCC(N)C1. The summed E-state index contributed by atoms with van der Waals surface area (Å²) in [5.41, 5.74) is 6.71. The van der Waals surface area contributed by atoms with E-state index in [9.17, 15) is 0 Å². The molecule has 0 radical (unpaired) electrons. The van der Waals surface area contributed by atoms with Crippen LogP contribution in [-0.2, 0) is 0 Å². The molecule has 2 saturated carbocycles. The lowest BCUT2D eigenvalue weighted by Crippen LogP contribution is -2.39. The minimum Gasteiger partial charge on any atom is -0.328 e. The van der Waals surface area contributed by atoms with Crippen LogP contribution in [0.1, 0.15) is 64.7 Å². The Labute approximate surface area is 88.4 Å². The van der Waals surface area contributed by atoms with Gasteiger partial charge in [0.15, 0.2) is 0 Å². The quantitative estimate of drug-likeness (QED) is 0.681. The smallest absolute Gasteiger partial charge is 0.00441 e. The van der Waals surface area contributed by atoms with E-state index in [2.05, 4.69) is 6.92 Å². The Kier molecular flexibility index (Phi) is 3.16. The van der Waals surface area contributed by atoms with Crippen LogP contribution in [0.25, 0.3) is 0 Å². The summed E-state index contributed by atoms with van der Waals surface area (Å²) in [6.45, 7) is 2.50. The third kappa shape index (κ3) is 2.13. The summed E-state index contributed by atoms with van der Waals surface area (Å²) in [5.74, 6) is 0.989. The maximum absolute atomic E-state index is 6.12. The maximum Gasteiger partial charge on any atom is 0.00441 e. The van der Waals surface area contributed by atoms with Gasteiger partial charge in [-0.1, -0.05) is 32.6 Å². The van der Waals surface area contributed by atoms with E-state index in [0.29, 0.717) is 11.5 Å². The van der Waals surface area contributed by atoms with Crippen LogP contribution >= 0.6 is 0 Å². The summed E-state index contributed by atoms with van der Waals surface area (Å²) in [5, 5.41) is 0. The second kappa shape index (κ2) is 4.22. The minimum absolute atomic E-state index is 0.496. The fourth-order valence-electron chi connectivity index (χ4n) is 3.74. The van der Waals surface area contributed by atoms with Crippen molar-refractivity contribution in [3.8, 4) is 0 Å². The van der Waals surface area contributed by atoms with E-state index >= 15 is 0 Å². The van der Waals surface area contributed by atoms with Gasteiger partial charge >= 0.3 is 0 Å². The third-order valence-electron chi connectivity index (χ3n) is 4.64. The molecule has 1 heteroatoms. The van der Waals surface area contributed by atoms with Crippen molar-refractivity contribution in [1.82, 2.24) is 0 Å². The summed E-state index contributed by atoms with van der Waals surface area (Å²) in [6.07, 6.45) is 12.7. The van der Waals surface area contributed by atoms with Crippen LogP contribution in [0.4, 0.5) is 0 Å². The second-order valence-corrected chi connectivity index (χ2v) is 5.85. The molecule has 2 atom stereocenters. The number of hydrogen-bond donors (Lipinski definition) is 1. The molecule has 2 rings (SSSR count). The Morgan fingerprint density at radius 1 is 1.00 bits per heavy atom. The molecule has 0 bridgehead atoms. The Morgan fingerprint density at radius 2 is 1.71 bits per heavy atom. The van der Waals surface area contributed by atoms with E-state index < -0.39 is 0 Å². The lowest BCUT2D eigenvalue weighted by atomic mass is 9.62. The second-order valence-electron chi connectivity index (χ2n) is 5.85. The van der Waals surface area contributed by atoms with Crippen molar-refractivity contribution in [2.75, 3.05) is 0 Å². The van der Waals surface area contributed by atoms with Crippen LogP contribution in [-0.4, -0.2) is 6.04 Å². The van der Waals surface area contributed by atoms with E-state index in [0.717, 1.165) is 5.92 Å². The van der Waals surface area contributed by atoms with E-state index in [1.807, 2.05) is 0 Å². The molecular weight excluding hydrogens is 170 g/mol. The first-order valence-corrected chi connectivity index (χ1v) is 6.46. The summed E-state index contributed by atoms with van der Waals surface area (Å²) < 4.78 is 0. The highest BCUT2D eigenvalue weighted by atomic mass is 14.7. The molecule has 82 valence electrons. The molecule has 0 aromatic rings. The Morgan fingerprint density at radius 3 is 2.36 bits per heavy atom. The molecule has 0 saturated heterocycles. The van der Waals surface area contributed by atoms with Gasteiger partial charge in [-0.05, 0) is 43.4 Å². The van der Waals surface area contributed by atoms with Gasteiger partial charge in [0, 0.05) is 6.04 Å². The first kappa shape index (κ1) is 10.5. The normalized spacial score (nSPS) is 41.1. The summed E-state index contributed by atoms with van der Waals surface area (Å²) in [4.78, 5) is 0. The van der Waals surface area contributed by atoms with Crippen molar-refractivity contribution in [3.05, 3.63) is 0 Å². The van der Waals surface area contributed by atoms with Gasteiger partial charge in [-0.25, -0.2) is 0 Å². The molecule has 0 aliphatic heterocycles. The molecule has 0 spiro atoms. The topological polar surface area (TPSA) is 26.0 Å². The standard InChI is InChI=1S/C13H25N/c1-13(9-5-8-12(14)10-13)11-6-3-2-4-7-11/h11-12H,2-10,14H2,1H3. The Balaban J connectivity index is 1.98. The molecule has 0 aromatic heterocycles. The molecule has 0 heterocycles. The summed E-state index contributed by atoms with van der Waals surface area (Å²) >= 11 is 0. The van der Waals surface area contributed by atoms with Crippen LogP contribution < -0.4 is 5.73 Å². The molecule has 1 nitrogen and oxygen atoms in total. The van der Waals surface area contributed by atoms with Crippen LogP contribution in [0.5, 0.6) is 0 Å². The maximum atomic E-state index is 6.12. The Hall–Kier alpha value is -0.0400. The van der Waals surface area contributed by atoms with E-state index in [-0.39, 0.29) is 0 Å². The van der Waals surface area contributed by atoms with Gasteiger partial charge in [0.2, 0.25) is 0 Å². The highest BCUT2D eigenvalue weighted by molar-refractivity contribution is 4.90. The molecule has 0 amide bonds. The zero-order chi connectivity index (χ0) is 10.0. The molecule has 0 aromatic carbocycles. The molecule has 2 N–H and O–H groups in total. The molecule has 2 unspecified atom stereocenters. The number of nitrogens with two attached hydrogens (primary N) is 1. The monoisotopic (exact) mass is 195 g/mol. The van der Waals surface area contributed by atoms with Crippen molar-refractivity contribution in [3.63, 3.8) is 0 Å². The average Bonchev–Trinajstić information content (AvgIpc) is 2.19. The van der Waals surface area contributed by atoms with E-state index in [4.69, 9.17) is 5.73 Å². The fraction of sp³-hybridized carbons (Fsp3) is 1.00. The van der Waals surface area contributed by atoms with Gasteiger partial charge in [0.05, 0.1) is 0 Å². The number of hydrogen-bond acceptors (Lipinski definition) is 1. The summed E-state index contributed by atoms with van der Waals surface area (Å²) in [7, 11) is 0. The minimum atomic E-state index is 0.496.